The third-order valence-electron chi connectivity index (χ3n) is 4.16. The molecule has 0 saturated carbocycles. The summed E-state index contributed by atoms with van der Waals surface area (Å²) in [5, 5.41) is 13.7. The molecule has 3 aromatic rings. The van der Waals surface area contributed by atoms with E-state index in [0.29, 0.717) is 32.4 Å². The van der Waals surface area contributed by atoms with E-state index in [1.54, 1.807) is 49.6 Å². The molecule has 0 spiro atoms. The molecule has 1 aliphatic heterocycles. The number of aromatic nitrogens is 2. The molecular weight excluding hydrogens is 452 g/mol. The molecule has 0 saturated heterocycles. The van der Waals surface area contributed by atoms with Gasteiger partial charge in [-0.15, -0.1) is 10.2 Å². The molecule has 0 radical (unpaired) electrons. The van der Waals surface area contributed by atoms with Gasteiger partial charge in [-0.3, -0.25) is 14.9 Å². The summed E-state index contributed by atoms with van der Waals surface area (Å²) in [6.07, 6.45) is 3.06. The third-order valence-corrected chi connectivity index (χ3v) is 6.13. The summed E-state index contributed by atoms with van der Waals surface area (Å²) in [7, 11) is 1.58. The van der Waals surface area contributed by atoms with Gasteiger partial charge in [0.25, 0.3) is 0 Å². The Bertz CT molecular complexity index is 1150. The van der Waals surface area contributed by atoms with Crippen molar-refractivity contribution in [3.8, 4) is 17.2 Å². The molecule has 1 aromatic heterocycles. The summed E-state index contributed by atoms with van der Waals surface area (Å²) in [5.74, 6) is 1.70. The second-order valence-electron chi connectivity index (χ2n) is 6.37. The predicted octanol–water partition coefficient (Wildman–Crippen LogP) is 3.66. The fourth-order valence-corrected chi connectivity index (χ4v) is 4.21. The van der Waals surface area contributed by atoms with Gasteiger partial charge in [0.2, 0.25) is 23.7 Å². The molecule has 9 nitrogen and oxygen atoms in total. The quantitative estimate of drug-likeness (QED) is 0.291. The Morgan fingerprint density at radius 3 is 2.75 bits per heavy atom. The number of nitrogens with zero attached hydrogens (tertiary/aromatic N) is 2. The highest BCUT2D eigenvalue weighted by atomic mass is 32.2. The van der Waals surface area contributed by atoms with Gasteiger partial charge in [-0.05, 0) is 48.0 Å². The summed E-state index contributed by atoms with van der Waals surface area (Å²) >= 11 is 2.43. The van der Waals surface area contributed by atoms with Gasteiger partial charge in [-0.2, -0.15) is 0 Å². The van der Waals surface area contributed by atoms with Crippen molar-refractivity contribution in [1.82, 2.24) is 10.2 Å². The number of thioether (sulfide) groups is 1. The number of anilines is 2. The average molecular weight is 471 g/mol. The van der Waals surface area contributed by atoms with E-state index in [4.69, 9.17) is 14.2 Å². The Labute approximate surface area is 191 Å². The van der Waals surface area contributed by atoms with Gasteiger partial charge in [-0.25, -0.2) is 0 Å². The molecule has 0 unspecified atom stereocenters. The van der Waals surface area contributed by atoms with E-state index in [-0.39, 0.29) is 24.4 Å². The molecular formula is C21H18N4O5S2. The first kappa shape index (κ1) is 21.7. The zero-order valence-electron chi connectivity index (χ0n) is 16.9. The van der Waals surface area contributed by atoms with E-state index in [2.05, 4.69) is 20.8 Å². The first-order chi connectivity index (χ1) is 15.6. The fourth-order valence-electron chi connectivity index (χ4n) is 2.65. The van der Waals surface area contributed by atoms with Crippen LogP contribution in [0.1, 0.15) is 5.56 Å². The van der Waals surface area contributed by atoms with Gasteiger partial charge in [0.05, 0.1) is 12.9 Å². The van der Waals surface area contributed by atoms with Crippen molar-refractivity contribution in [2.45, 2.75) is 4.34 Å². The van der Waals surface area contributed by atoms with Crippen LogP contribution >= 0.6 is 23.1 Å². The van der Waals surface area contributed by atoms with Gasteiger partial charge in [0.1, 0.15) is 5.75 Å². The molecule has 32 heavy (non-hydrogen) atoms. The second-order valence-corrected chi connectivity index (χ2v) is 8.57. The van der Waals surface area contributed by atoms with E-state index in [1.807, 2.05) is 6.07 Å². The number of rotatable bonds is 8. The Kier molecular flexibility index (Phi) is 6.87. The fraction of sp³-hybridized carbons (Fsp3) is 0.143. The first-order valence-electron chi connectivity index (χ1n) is 9.38. The number of benzene rings is 2. The van der Waals surface area contributed by atoms with Crippen LogP contribution in [0.25, 0.3) is 6.08 Å². The number of hydrogen-bond donors (Lipinski definition) is 2. The summed E-state index contributed by atoms with van der Waals surface area (Å²) in [4.78, 5) is 24.3. The van der Waals surface area contributed by atoms with Crippen LogP contribution in [-0.2, 0) is 9.59 Å². The lowest BCUT2D eigenvalue weighted by molar-refractivity contribution is -0.114. The van der Waals surface area contributed by atoms with Crippen molar-refractivity contribution in [2.24, 2.45) is 0 Å². The smallest absolute Gasteiger partial charge is 0.250 e. The summed E-state index contributed by atoms with van der Waals surface area (Å²) in [5.41, 5.74) is 1.48. The Balaban J connectivity index is 1.24. The minimum Gasteiger partial charge on any atom is -0.497 e. The van der Waals surface area contributed by atoms with Crippen LogP contribution in [-0.4, -0.2) is 41.7 Å². The number of amides is 2. The summed E-state index contributed by atoms with van der Waals surface area (Å²) < 4.78 is 16.2. The molecule has 2 aromatic carbocycles. The third kappa shape index (κ3) is 5.77. The van der Waals surface area contributed by atoms with Crippen LogP contribution in [0.5, 0.6) is 17.2 Å². The maximum atomic E-state index is 12.1. The van der Waals surface area contributed by atoms with Crippen molar-refractivity contribution in [1.29, 1.82) is 0 Å². The van der Waals surface area contributed by atoms with E-state index >= 15 is 0 Å². The van der Waals surface area contributed by atoms with Crippen molar-refractivity contribution >= 4 is 51.8 Å². The predicted molar refractivity (Wildman–Crippen MR) is 122 cm³/mol. The van der Waals surface area contributed by atoms with Crippen LogP contribution in [0.4, 0.5) is 10.8 Å². The van der Waals surface area contributed by atoms with Crippen LogP contribution in [0.15, 0.2) is 52.9 Å². The van der Waals surface area contributed by atoms with E-state index in [9.17, 15) is 9.59 Å². The number of methoxy groups -OCH3 is 1. The number of nitrogens with one attached hydrogen (secondary N) is 2. The molecule has 4 rings (SSSR count). The maximum absolute atomic E-state index is 12.1. The topological polar surface area (TPSA) is 112 Å². The summed E-state index contributed by atoms with van der Waals surface area (Å²) in [6, 6.07) is 12.5. The van der Waals surface area contributed by atoms with Crippen LogP contribution in [0.3, 0.4) is 0 Å². The zero-order valence-corrected chi connectivity index (χ0v) is 18.5. The van der Waals surface area contributed by atoms with E-state index < -0.39 is 0 Å². The first-order valence-corrected chi connectivity index (χ1v) is 11.2. The lowest BCUT2D eigenvalue weighted by Crippen LogP contribution is -2.13. The maximum Gasteiger partial charge on any atom is 0.250 e. The lowest BCUT2D eigenvalue weighted by atomic mass is 10.2. The minimum absolute atomic E-state index is 0.165. The highest BCUT2D eigenvalue weighted by Crippen LogP contribution is 2.32. The summed E-state index contributed by atoms with van der Waals surface area (Å²) in [6.45, 7) is 0.198. The Hall–Kier alpha value is -3.57. The molecule has 2 N–H and O–H groups in total. The monoisotopic (exact) mass is 470 g/mol. The van der Waals surface area contributed by atoms with Gasteiger partial charge in [0.15, 0.2) is 15.8 Å². The Morgan fingerprint density at radius 1 is 1.12 bits per heavy atom. The molecule has 2 amide bonds. The SMILES string of the molecule is COc1ccc(NC(=O)CSc2nnc(NC(=O)/C=C\c3ccc4c(c3)OCO4)s2)cc1. The molecule has 0 atom stereocenters. The van der Waals surface area contributed by atoms with Crippen molar-refractivity contribution in [3.05, 3.63) is 54.1 Å². The molecule has 2 heterocycles. The van der Waals surface area contributed by atoms with E-state index in [1.165, 1.54) is 29.2 Å². The Morgan fingerprint density at radius 2 is 1.94 bits per heavy atom. The molecule has 0 aliphatic carbocycles. The van der Waals surface area contributed by atoms with Crippen molar-refractivity contribution in [3.63, 3.8) is 0 Å². The normalized spacial score (nSPS) is 12.0. The van der Waals surface area contributed by atoms with Crippen molar-refractivity contribution in [2.75, 3.05) is 30.3 Å². The molecule has 0 bridgehead atoms. The number of hydrogen-bond acceptors (Lipinski definition) is 9. The molecule has 1 aliphatic rings. The average Bonchev–Trinajstić information content (AvgIpc) is 3.45. The van der Waals surface area contributed by atoms with Crippen LogP contribution < -0.4 is 24.8 Å². The van der Waals surface area contributed by atoms with Crippen LogP contribution in [0, 0.1) is 0 Å². The number of ether oxygens (including phenoxy) is 3. The molecule has 164 valence electrons. The standard InChI is InChI=1S/C21H18N4O5S2/c1-28-15-6-4-14(5-7-15)22-19(27)11-31-21-25-24-20(32-21)23-18(26)9-3-13-2-8-16-17(10-13)30-12-29-16/h2-10H,11-12H2,1H3,(H,22,27)(H,23,24,26)/b9-3-. The molecule has 11 heteroatoms. The molecule has 0 fully saturated rings. The van der Waals surface area contributed by atoms with Gasteiger partial charge in [-0.1, -0.05) is 29.2 Å². The van der Waals surface area contributed by atoms with E-state index in [0.717, 1.165) is 5.56 Å². The van der Waals surface area contributed by atoms with Gasteiger partial charge >= 0.3 is 0 Å². The highest BCUT2D eigenvalue weighted by molar-refractivity contribution is 8.01. The number of carbonyl (C=O) groups is 2. The number of carbonyl (C=O) groups excluding carboxylic acids is 2. The highest BCUT2D eigenvalue weighted by Gasteiger charge is 2.13. The minimum atomic E-state index is -0.340. The second kappa shape index (κ2) is 10.2. The van der Waals surface area contributed by atoms with Crippen molar-refractivity contribution < 1.29 is 23.8 Å². The van der Waals surface area contributed by atoms with Crippen LogP contribution in [0.2, 0.25) is 0 Å². The zero-order chi connectivity index (χ0) is 22.3. The largest absolute Gasteiger partial charge is 0.497 e. The number of fused-ring (bicyclic) bond motifs is 1. The lowest BCUT2D eigenvalue weighted by Gasteiger charge is -2.05. The van der Waals surface area contributed by atoms with Gasteiger partial charge in [0, 0.05) is 11.8 Å². The van der Waals surface area contributed by atoms with Gasteiger partial charge < -0.3 is 19.5 Å².